The van der Waals surface area contributed by atoms with Gasteiger partial charge in [0.1, 0.15) is 6.04 Å². The van der Waals surface area contributed by atoms with Crippen molar-refractivity contribution in [1.82, 2.24) is 5.01 Å². The third-order valence-electron chi connectivity index (χ3n) is 6.73. The standard InChI is InChI=1S/C26H17Cl2N3O3/c27-16-10-17(28)12-18(11-16)30-25(33)20-21(26(30)34)23(24(32)14-6-2-1-3-7-14)31-22(20)19-9-5-4-8-15(19)13-29-31/h1-13,20-23H/t20-,21-,22+,23-/m0/s1. The van der Waals surface area contributed by atoms with E-state index in [9.17, 15) is 14.4 Å². The van der Waals surface area contributed by atoms with Gasteiger partial charge in [-0.05, 0) is 29.3 Å². The zero-order chi connectivity index (χ0) is 23.6. The first-order chi connectivity index (χ1) is 16.5. The number of nitrogens with zero attached hydrogens (tertiary/aromatic N) is 3. The summed E-state index contributed by atoms with van der Waals surface area (Å²) >= 11 is 12.3. The molecule has 3 aromatic rings. The molecule has 0 aromatic heterocycles. The Hall–Kier alpha value is -3.48. The maximum absolute atomic E-state index is 13.8. The monoisotopic (exact) mass is 489 g/mol. The molecular weight excluding hydrogens is 473 g/mol. The fraction of sp³-hybridized carbons (Fsp3) is 0.154. The first-order valence-corrected chi connectivity index (χ1v) is 11.6. The topological polar surface area (TPSA) is 70.0 Å². The summed E-state index contributed by atoms with van der Waals surface area (Å²) in [4.78, 5) is 42.5. The highest BCUT2D eigenvalue weighted by molar-refractivity contribution is 6.36. The minimum Gasteiger partial charge on any atom is -0.292 e. The molecule has 3 aromatic carbocycles. The van der Waals surface area contributed by atoms with Gasteiger partial charge in [-0.1, -0.05) is 77.8 Å². The molecule has 4 atom stereocenters. The van der Waals surface area contributed by atoms with E-state index in [0.717, 1.165) is 16.0 Å². The number of hydrogen-bond donors (Lipinski definition) is 0. The predicted octanol–water partition coefficient (Wildman–Crippen LogP) is 4.75. The molecule has 34 heavy (non-hydrogen) atoms. The van der Waals surface area contributed by atoms with E-state index in [1.807, 2.05) is 30.3 Å². The summed E-state index contributed by atoms with van der Waals surface area (Å²) in [5, 5.41) is 6.83. The van der Waals surface area contributed by atoms with E-state index in [0.29, 0.717) is 21.3 Å². The number of ketones is 1. The second-order valence-electron chi connectivity index (χ2n) is 8.56. The van der Waals surface area contributed by atoms with Crippen LogP contribution in [0.4, 0.5) is 5.69 Å². The van der Waals surface area contributed by atoms with Crippen molar-refractivity contribution in [3.63, 3.8) is 0 Å². The number of anilines is 1. The van der Waals surface area contributed by atoms with Crippen LogP contribution >= 0.6 is 23.2 Å². The number of carbonyl (C=O) groups excluding carboxylic acids is 3. The van der Waals surface area contributed by atoms with Gasteiger partial charge in [-0.3, -0.25) is 19.4 Å². The number of benzene rings is 3. The molecule has 0 unspecified atom stereocenters. The minimum atomic E-state index is -0.918. The third-order valence-corrected chi connectivity index (χ3v) is 7.16. The molecule has 3 heterocycles. The summed E-state index contributed by atoms with van der Waals surface area (Å²) in [7, 11) is 0. The molecule has 0 aliphatic carbocycles. The Labute approximate surface area is 205 Å². The highest BCUT2D eigenvalue weighted by Crippen LogP contribution is 2.53. The van der Waals surface area contributed by atoms with Gasteiger partial charge in [0.2, 0.25) is 11.8 Å². The lowest BCUT2D eigenvalue weighted by atomic mass is 9.83. The number of hydrogen-bond acceptors (Lipinski definition) is 5. The largest absolute Gasteiger partial charge is 0.292 e. The van der Waals surface area contributed by atoms with Crippen molar-refractivity contribution in [3.8, 4) is 0 Å². The number of carbonyl (C=O) groups is 3. The number of imide groups is 1. The normalized spacial score (nSPS) is 24.8. The average molecular weight is 490 g/mol. The Bertz CT molecular complexity index is 1370. The zero-order valence-electron chi connectivity index (χ0n) is 17.6. The lowest BCUT2D eigenvalue weighted by molar-refractivity contribution is -0.124. The number of fused-ring (bicyclic) bond motifs is 5. The molecule has 8 heteroatoms. The van der Waals surface area contributed by atoms with E-state index in [-0.39, 0.29) is 5.78 Å². The average Bonchev–Trinajstić information content (AvgIpc) is 3.31. The van der Waals surface area contributed by atoms with Crippen molar-refractivity contribution in [1.29, 1.82) is 0 Å². The smallest absolute Gasteiger partial charge is 0.240 e. The number of hydrazone groups is 1. The van der Waals surface area contributed by atoms with E-state index in [4.69, 9.17) is 23.2 Å². The van der Waals surface area contributed by atoms with Gasteiger partial charge in [-0.25, -0.2) is 4.90 Å². The van der Waals surface area contributed by atoms with Crippen LogP contribution in [0.5, 0.6) is 0 Å². The predicted molar refractivity (Wildman–Crippen MR) is 129 cm³/mol. The summed E-state index contributed by atoms with van der Waals surface area (Å²) in [5.74, 6) is -2.77. The van der Waals surface area contributed by atoms with E-state index in [1.54, 1.807) is 35.5 Å². The number of amides is 2. The molecule has 0 N–H and O–H groups in total. The molecule has 0 saturated carbocycles. The Morgan fingerprint density at radius 3 is 2.21 bits per heavy atom. The van der Waals surface area contributed by atoms with E-state index < -0.39 is 35.7 Å². The van der Waals surface area contributed by atoms with Crippen molar-refractivity contribution in [2.24, 2.45) is 16.9 Å². The molecule has 2 saturated heterocycles. The molecule has 3 aliphatic heterocycles. The highest BCUT2D eigenvalue weighted by Gasteiger charge is 2.65. The van der Waals surface area contributed by atoms with Crippen LogP contribution < -0.4 is 4.90 Å². The van der Waals surface area contributed by atoms with Gasteiger partial charge >= 0.3 is 0 Å². The number of rotatable bonds is 3. The highest BCUT2D eigenvalue weighted by atomic mass is 35.5. The lowest BCUT2D eigenvalue weighted by Crippen LogP contribution is -2.44. The summed E-state index contributed by atoms with van der Waals surface area (Å²) < 4.78 is 0. The Balaban J connectivity index is 1.51. The van der Waals surface area contributed by atoms with Crippen molar-refractivity contribution in [2.75, 3.05) is 4.90 Å². The van der Waals surface area contributed by atoms with Crippen molar-refractivity contribution in [3.05, 3.63) is 99.5 Å². The van der Waals surface area contributed by atoms with Gasteiger partial charge < -0.3 is 0 Å². The van der Waals surface area contributed by atoms with Crippen molar-refractivity contribution in [2.45, 2.75) is 12.1 Å². The number of Topliss-reactive ketones (excluding diaryl/α,β-unsaturated/α-hetero) is 1. The van der Waals surface area contributed by atoms with E-state index >= 15 is 0 Å². The molecule has 2 fully saturated rings. The van der Waals surface area contributed by atoms with Gasteiger partial charge in [-0.15, -0.1) is 0 Å². The molecule has 3 aliphatic rings. The van der Waals surface area contributed by atoms with Gasteiger partial charge in [0.05, 0.1) is 29.8 Å². The quantitative estimate of drug-likeness (QED) is 0.393. The van der Waals surface area contributed by atoms with E-state index in [1.165, 1.54) is 18.2 Å². The molecule has 0 radical (unpaired) electrons. The lowest BCUT2D eigenvalue weighted by Gasteiger charge is -2.33. The summed E-state index contributed by atoms with van der Waals surface area (Å²) in [6.07, 6.45) is 1.68. The van der Waals surface area contributed by atoms with Crippen LogP contribution in [-0.2, 0) is 9.59 Å². The Morgan fingerprint density at radius 2 is 1.47 bits per heavy atom. The second kappa shape index (κ2) is 7.79. The van der Waals surface area contributed by atoms with Crippen LogP contribution in [0.1, 0.15) is 27.5 Å². The summed E-state index contributed by atoms with van der Waals surface area (Å²) in [5.41, 5.74) is 2.49. The van der Waals surface area contributed by atoms with Gasteiger partial charge in [0.15, 0.2) is 5.78 Å². The molecule has 168 valence electrons. The van der Waals surface area contributed by atoms with Crippen LogP contribution in [0.25, 0.3) is 0 Å². The molecule has 0 spiro atoms. The van der Waals surface area contributed by atoms with Gasteiger partial charge in [-0.2, -0.15) is 5.10 Å². The molecule has 2 amide bonds. The molecule has 6 nitrogen and oxygen atoms in total. The Morgan fingerprint density at radius 1 is 0.824 bits per heavy atom. The summed E-state index contributed by atoms with van der Waals surface area (Å²) in [6, 6.07) is 19.5. The van der Waals surface area contributed by atoms with E-state index in [2.05, 4.69) is 5.10 Å². The van der Waals surface area contributed by atoms with Crippen LogP contribution in [0, 0.1) is 11.8 Å². The SMILES string of the molecule is O=C(c1ccccc1)[C@@H]1[C@H]2C(=O)N(c3cc(Cl)cc(Cl)c3)C(=O)[C@@H]2[C@H]2c3ccccc3C=NN12. The Kier molecular flexibility index (Phi) is 4.83. The zero-order valence-corrected chi connectivity index (χ0v) is 19.1. The first-order valence-electron chi connectivity index (χ1n) is 10.8. The maximum Gasteiger partial charge on any atom is 0.240 e. The molecule has 6 rings (SSSR count). The minimum absolute atomic E-state index is 0.248. The van der Waals surface area contributed by atoms with Gasteiger partial charge in [0, 0.05) is 15.6 Å². The third kappa shape index (κ3) is 3.02. The fourth-order valence-electron chi connectivity index (χ4n) is 5.36. The van der Waals surface area contributed by atoms with Crippen LogP contribution in [0.15, 0.2) is 77.9 Å². The first kappa shape index (κ1) is 21.1. The van der Waals surface area contributed by atoms with Crippen LogP contribution in [0.3, 0.4) is 0 Å². The summed E-state index contributed by atoms with van der Waals surface area (Å²) in [6.45, 7) is 0. The second-order valence-corrected chi connectivity index (χ2v) is 9.44. The van der Waals surface area contributed by atoms with Crippen molar-refractivity contribution < 1.29 is 14.4 Å². The van der Waals surface area contributed by atoms with Crippen LogP contribution in [0.2, 0.25) is 10.0 Å². The maximum atomic E-state index is 13.8. The van der Waals surface area contributed by atoms with Crippen molar-refractivity contribution >= 4 is 52.7 Å². The molecule has 0 bridgehead atoms. The van der Waals surface area contributed by atoms with Crippen LogP contribution in [-0.4, -0.2) is 34.9 Å². The van der Waals surface area contributed by atoms with Gasteiger partial charge in [0.25, 0.3) is 0 Å². The molecular formula is C26H17Cl2N3O3. The number of halogens is 2. The fourth-order valence-corrected chi connectivity index (χ4v) is 5.88.